The van der Waals surface area contributed by atoms with Crippen LogP contribution in [-0.4, -0.2) is 29.2 Å². The monoisotopic (exact) mass is 314 g/mol. The van der Waals surface area contributed by atoms with Gasteiger partial charge in [-0.25, -0.2) is 4.68 Å². The Labute approximate surface area is 136 Å². The molecule has 1 aromatic carbocycles. The van der Waals surface area contributed by atoms with Crippen LogP contribution in [0.2, 0.25) is 0 Å². The maximum absolute atomic E-state index is 9.21. The molecule has 1 heterocycles. The largest absolute Gasteiger partial charge is 0.493 e. The Morgan fingerprint density at radius 1 is 1.17 bits per heavy atom. The average molecular weight is 314 g/mol. The Bertz CT molecular complexity index is 701. The summed E-state index contributed by atoms with van der Waals surface area (Å²) in [6.07, 6.45) is 1.48. The number of methoxy groups -OCH3 is 2. The minimum absolute atomic E-state index is 0.408. The smallest absolute Gasteiger partial charge is 0.185 e. The van der Waals surface area contributed by atoms with Gasteiger partial charge < -0.3 is 9.47 Å². The molecular formula is C17H22N4O2. The fourth-order valence-corrected chi connectivity index (χ4v) is 2.46. The van der Waals surface area contributed by atoms with E-state index in [4.69, 9.17) is 9.47 Å². The third-order valence-electron chi connectivity index (χ3n) is 3.58. The lowest BCUT2D eigenvalue weighted by atomic mass is 10.1. The van der Waals surface area contributed by atoms with E-state index in [2.05, 4.69) is 30.2 Å². The summed E-state index contributed by atoms with van der Waals surface area (Å²) < 4.78 is 12.4. The molecule has 2 aromatic rings. The molecule has 122 valence electrons. The Morgan fingerprint density at radius 2 is 1.91 bits per heavy atom. The van der Waals surface area contributed by atoms with Crippen LogP contribution in [-0.2, 0) is 19.4 Å². The highest BCUT2D eigenvalue weighted by Crippen LogP contribution is 2.28. The van der Waals surface area contributed by atoms with Crippen molar-refractivity contribution in [3.05, 3.63) is 35.2 Å². The molecule has 23 heavy (non-hydrogen) atoms. The molecule has 0 aliphatic carbocycles. The molecule has 1 aromatic heterocycles. The lowest BCUT2D eigenvalue weighted by Gasteiger charge is -2.11. The molecule has 0 saturated carbocycles. The quantitative estimate of drug-likeness (QED) is 0.785. The van der Waals surface area contributed by atoms with Crippen LogP contribution in [0, 0.1) is 17.2 Å². The average Bonchev–Trinajstić information content (AvgIpc) is 2.93. The van der Waals surface area contributed by atoms with Gasteiger partial charge in [-0.3, -0.25) is 0 Å². The fraction of sp³-hybridized carbons (Fsp3) is 0.471. The van der Waals surface area contributed by atoms with Gasteiger partial charge in [-0.05, 0) is 36.5 Å². The first-order valence-electron chi connectivity index (χ1n) is 7.62. The molecule has 6 nitrogen and oxygen atoms in total. The Kier molecular flexibility index (Phi) is 5.58. The first-order valence-corrected chi connectivity index (χ1v) is 7.62. The third-order valence-corrected chi connectivity index (χ3v) is 3.58. The van der Waals surface area contributed by atoms with Crippen molar-refractivity contribution in [3.63, 3.8) is 0 Å². The molecule has 2 rings (SSSR count). The van der Waals surface area contributed by atoms with Gasteiger partial charge >= 0.3 is 0 Å². The topological polar surface area (TPSA) is 73.0 Å². The van der Waals surface area contributed by atoms with Crippen molar-refractivity contribution in [1.29, 1.82) is 5.26 Å². The van der Waals surface area contributed by atoms with Crippen molar-refractivity contribution >= 4 is 0 Å². The van der Waals surface area contributed by atoms with Gasteiger partial charge in [-0.15, -0.1) is 5.10 Å². The summed E-state index contributed by atoms with van der Waals surface area (Å²) in [5.74, 6) is 1.86. The van der Waals surface area contributed by atoms with Gasteiger partial charge in [-0.2, -0.15) is 5.26 Å². The number of aromatic nitrogens is 3. The van der Waals surface area contributed by atoms with E-state index in [0.717, 1.165) is 24.2 Å². The lowest BCUT2D eigenvalue weighted by Crippen LogP contribution is -2.11. The van der Waals surface area contributed by atoms with E-state index in [0.29, 0.717) is 29.5 Å². The molecular weight excluding hydrogens is 292 g/mol. The summed E-state index contributed by atoms with van der Waals surface area (Å²) in [5, 5.41) is 17.3. The number of ether oxygens (including phenoxy) is 2. The predicted octanol–water partition coefficient (Wildman–Crippen LogP) is 2.61. The predicted molar refractivity (Wildman–Crippen MR) is 86.5 cm³/mol. The van der Waals surface area contributed by atoms with Crippen molar-refractivity contribution in [2.24, 2.45) is 5.92 Å². The number of nitrogens with zero attached hydrogens (tertiary/aromatic N) is 4. The van der Waals surface area contributed by atoms with Crippen LogP contribution < -0.4 is 9.47 Å². The van der Waals surface area contributed by atoms with Gasteiger partial charge in [0.25, 0.3) is 0 Å². The van der Waals surface area contributed by atoms with Crippen molar-refractivity contribution < 1.29 is 9.47 Å². The Hall–Kier alpha value is -2.55. The standard InChI is InChI=1S/C17H22N4O2/c1-12(2)11-21-15(14(10-18)19-20-21)7-5-13-6-8-16(22-3)17(9-13)23-4/h6,8-9,12H,5,7,11H2,1-4H3. The minimum atomic E-state index is 0.408. The zero-order valence-corrected chi connectivity index (χ0v) is 14.0. The van der Waals surface area contributed by atoms with Crippen molar-refractivity contribution in [2.45, 2.75) is 33.2 Å². The summed E-state index contributed by atoms with van der Waals surface area (Å²) in [5.41, 5.74) is 2.41. The highest BCUT2D eigenvalue weighted by atomic mass is 16.5. The van der Waals surface area contributed by atoms with E-state index in [-0.39, 0.29) is 0 Å². The van der Waals surface area contributed by atoms with E-state index in [9.17, 15) is 5.26 Å². The molecule has 0 radical (unpaired) electrons. The fourth-order valence-electron chi connectivity index (χ4n) is 2.46. The van der Waals surface area contributed by atoms with Crippen LogP contribution >= 0.6 is 0 Å². The Morgan fingerprint density at radius 3 is 2.52 bits per heavy atom. The summed E-state index contributed by atoms with van der Waals surface area (Å²) in [6.45, 7) is 4.99. The van der Waals surface area contributed by atoms with E-state index in [1.807, 2.05) is 22.9 Å². The zero-order chi connectivity index (χ0) is 16.8. The third kappa shape index (κ3) is 4.01. The molecule has 0 aliphatic rings. The van der Waals surface area contributed by atoms with E-state index < -0.39 is 0 Å². The normalized spacial score (nSPS) is 10.6. The van der Waals surface area contributed by atoms with Crippen LogP contribution in [0.3, 0.4) is 0 Å². The molecule has 0 spiro atoms. The second kappa shape index (κ2) is 7.63. The van der Waals surface area contributed by atoms with Crippen LogP contribution in [0.1, 0.15) is 30.8 Å². The first kappa shape index (κ1) is 16.8. The van der Waals surface area contributed by atoms with Crippen molar-refractivity contribution in [1.82, 2.24) is 15.0 Å². The number of benzene rings is 1. The van der Waals surface area contributed by atoms with Gasteiger partial charge in [0.15, 0.2) is 17.2 Å². The van der Waals surface area contributed by atoms with Crippen LogP contribution in [0.5, 0.6) is 11.5 Å². The Balaban J connectivity index is 2.17. The molecule has 0 fully saturated rings. The summed E-state index contributed by atoms with van der Waals surface area (Å²) >= 11 is 0. The maximum atomic E-state index is 9.21. The molecule has 0 saturated heterocycles. The molecule has 0 amide bonds. The SMILES string of the molecule is COc1ccc(CCc2c(C#N)nnn2CC(C)C)cc1OC. The van der Waals surface area contributed by atoms with E-state index in [1.165, 1.54) is 0 Å². The number of hydrogen-bond acceptors (Lipinski definition) is 5. The second-order valence-electron chi connectivity index (χ2n) is 5.76. The molecule has 0 aliphatic heterocycles. The minimum Gasteiger partial charge on any atom is -0.493 e. The molecule has 0 bridgehead atoms. The highest BCUT2D eigenvalue weighted by molar-refractivity contribution is 5.43. The van der Waals surface area contributed by atoms with Gasteiger partial charge in [0.1, 0.15) is 6.07 Å². The van der Waals surface area contributed by atoms with Crippen molar-refractivity contribution in [3.8, 4) is 17.6 Å². The molecule has 0 unspecified atom stereocenters. The van der Waals surface area contributed by atoms with Gasteiger partial charge in [0.05, 0.1) is 19.9 Å². The van der Waals surface area contributed by atoms with Crippen LogP contribution in [0.15, 0.2) is 18.2 Å². The second-order valence-corrected chi connectivity index (χ2v) is 5.76. The number of rotatable bonds is 7. The maximum Gasteiger partial charge on any atom is 0.185 e. The van der Waals surface area contributed by atoms with Gasteiger partial charge in [-0.1, -0.05) is 25.1 Å². The summed E-state index contributed by atoms with van der Waals surface area (Å²) in [7, 11) is 3.24. The van der Waals surface area contributed by atoms with Crippen molar-refractivity contribution in [2.75, 3.05) is 14.2 Å². The summed E-state index contributed by atoms with van der Waals surface area (Å²) in [4.78, 5) is 0. The van der Waals surface area contributed by atoms with Gasteiger partial charge in [0.2, 0.25) is 0 Å². The lowest BCUT2D eigenvalue weighted by molar-refractivity contribution is 0.354. The van der Waals surface area contributed by atoms with E-state index >= 15 is 0 Å². The molecule has 0 N–H and O–H groups in total. The number of nitriles is 1. The summed E-state index contributed by atoms with van der Waals surface area (Å²) in [6, 6.07) is 7.98. The number of hydrogen-bond donors (Lipinski definition) is 0. The van der Waals surface area contributed by atoms with Crippen LogP contribution in [0.4, 0.5) is 0 Å². The number of aryl methyl sites for hydroxylation is 1. The highest BCUT2D eigenvalue weighted by Gasteiger charge is 2.14. The molecule has 0 atom stereocenters. The zero-order valence-electron chi connectivity index (χ0n) is 14.0. The molecule has 6 heteroatoms. The van der Waals surface area contributed by atoms with Crippen LogP contribution in [0.25, 0.3) is 0 Å². The first-order chi connectivity index (χ1) is 11.1. The van der Waals surface area contributed by atoms with E-state index in [1.54, 1.807) is 14.2 Å². The van der Waals surface area contributed by atoms with Gasteiger partial charge in [0, 0.05) is 6.54 Å².